The van der Waals surface area contributed by atoms with Gasteiger partial charge in [0.15, 0.2) is 0 Å². The largest absolute Gasteiger partial charge is 0.341 e. The SMILES string of the molecule is CC(C)NCCC(=O)N(C)Cc1cn[nH]c1. The van der Waals surface area contributed by atoms with Crippen LogP contribution in [0.1, 0.15) is 25.8 Å². The Morgan fingerprint density at radius 2 is 2.38 bits per heavy atom. The zero-order valence-electron chi connectivity index (χ0n) is 10.2. The van der Waals surface area contributed by atoms with Crippen molar-refractivity contribution in [3.05, 3.63) is 18.0 Å². The summed E-state index contributed by atoms with van der Waals surface area (Å²) in [6.07, 6.45) is 4.07. The van der Waals surface area contributed by atoms with Crippen molar-refractivity contribution in [1.82, 2.24) is 20.4 Å². The molecule has 0 spiro atoms. The van der Waals surface area contributed by atoms with Gasteiger partial charge in [0.1, 0.15) is 0 Å². The maximum absolute atomic E-state index is 11.7. The molecule has 16 heavy (non-hydrogen) atoms. The second-order valence-corrected chi connectivity index (χ2v) is 4.22. The molecule has 5 nitrogen and oxygen atoms in total. The Balaban J connectivity index is 2.25. The van der Waals surface area contributed by atoms with E-state index in [1.165, 1.54) is 0 Å². The smallest absolute Gasteiger partial charge is 0.223 e. The molecule has 5 heteroatoms. The molecule has 1 rings (SSSR count). The van der Waals surface area contributed by atoms with Gasteiger partial charge in [-0.3, -0.25) is 9.89 Å². The van der Waals surface area contributed by atoms with Crippen LogP contribution in [-0.4, -0.2) is 40.6 Å². The average molecular weight is 224 g/mol. The van der Waals surface area contributed by atoms with Crippen LogP contribution in [0, 0.1) is 0 Å². The van der Waals surface area contributed by atoms with E-state index >= 15 is 0 Å². The molecule has 1 amide bonds. The van der Waals surface area contributed by atoms with Gasteiger partial charge in [0.05, 0.1) is 6.20 Å². The van der Waals surface area contributed by atoms with Crippen LogP contribution in [0.25, 0.3) is 0 Å². The molecule has 0 aliphatic carbocycles. The van der Waals surface area contributed by atoms with E-state index < -0.39 is 0 Å². The van der Waals surface area contributed by atoms with Crippen molar-refractivity contribution in [2.45, 2.75) is 32.9 Å². The van der Waals surface area contributed by atoms with E-state index in [1.807, 2.05) is 7.05 Å². The van der Waals surface area contributed by atoms with Crippen LogP contribution in [-0.2, 0) is 11.3 Å². The lowest BCUT2D eigenvalue weighted by Gasteiger charge is -2.16. The molecule has 0 bridgehead atoms. The van der Waals surface area contributed by atoms with Crippen molar-refractivity contribution in [1.29, 1.82) is 0 Å². The van der Waals surface area contributed by atoms with Gasteiger partial charge in [0.2, 0.25) is 5.91 Å². The van der Waals surface area contributed by atoms with Gasteiger partial charge in [0, 0.05) is 44.4 Å². The predicted octanol–water partition coefficient (Wildman–Crippen LogP) is 0.756. The summed E-state index contributed by atoms with van der Waals surface area (Å²) >= 11 is 0. The average Bonchev–Trinajstić information content (AvgIpc) is 2.69. The minimum Gasteiger partial charge on any atom is -0.341 e. The Bertz CT molecular complexity index is 308. The molecule has 0 aromatic carbocycles. The molecular formula is C11H20N4O. The third-order valence-electron chi connectivity index (χ3n) is 2.29. The summed E-state index contributed by atoms with van der Waals surface area (Å²) in [6, 6.07) is 0.423. The molecule has 90 valence electrons. The van der Waals surface area contributed by atoms with Crippen LogP contribution in [0.3, 0.4) is 0 Å². The lowest BCUT2D eigenvalue weighted by atomic mass is 10.3. The molecule has 0 aliphatic rings. The highest BCUT2D eigenvalue weighted by Gasteiger charge is 2.09. The van der Waals surface area contributed by atoms with Crippen molar-refractivity contribution in [2.75, 3.05) is 13.6 Å². The summed E-state index contributed by atoms with van der Waals surface area (Å²) in [5.41, 5.74) is 1.02. The summed E-state index contributed by atoms with van der Waals surface area (Å²) in [6.45, 7) is 5.47. The fraction of sp³-hybridized carbons (Fsp3) is 0.636. The number of aromatic nitrogens is 2. The highest BCUT2D eigenvalue weighted by Crippen LogP contribution is 2.01. The standard InChI is InChI=1S/C11H20N4O/c1-9(2)12-5-4-11(16)15(3)8-10-6-13-14-7-10/h6-7,9,12H,4-5,8H2,1-3H3,(H,13,14). The number of nitrogens with one attached hydrogen (secondary N) is 2. The lowest BCUT2D eigenvalue weighted by molar-refractivity contribution is -0.130. The number of aromatic amines is 1. The van der Waals surface area contributed by atoms with Gasteiger partial charge in [-0.05, 0) is 0 Å². The molecule has 1 heterocycles. The van der Waals surface area contributed by atoms with E-state index in [1.54, 1.807) is 17.3 Å². The zero-order chi connectivity index (χ0) is 12.0. The van der Waals surface area contributed by atoms with Crippen LogP contribution in [0.15, 0.2) is 12.4 Å². The maximum Gasteiger partial charge on any atom is 0.223 e. The van der Waals surface area contributed by atoms with E-state index in [0.717, 1.165) is 12.1 Å². The quantitative estimate of drug-likeness (QED) is 0.750. The highest BCUT2D eigenvalue weighted by molar-refractivity contribution is 5.76. The summed E-state index contributed by atoms with van der Waals surface area (Å²) in [7, 11) is 1.81. The first kappa shape index (κ1) is 12.7. The predicted molar refractivity (Wildman–Crippen MR) is 62.8 cm³/mol. The number of rotatable bonds is 6. The molecule has 0 saturated carbocycles. The molecule has 0 fully saturated rings. The fourth-order valence-electron chi connectivity index (χ4n) is 1.38. The van der Waals surface area contributed by atoms with Crippen LogP contribution in [0.4, 0.5) is 0 Å². The van der Waals surface area contributed by atoms with E-state index in [0.29, 0.717) is 19.0 Å². The Kier molecular flexibility index (Phi) is 4.98. The monoisotopic (exact) mass is 224 g/mol. The Morgan fingerprint density at radius 3 is 2.94 bits per heavy atom. The van der Waals surface area contributed by atoms with Crippen LogP contribution in [0.2, 0.25) is 0 Å². The fourth-order valence-corrected chi connectivity index (χ4v) is 1.38. The Hall–Kier alpha value is -1.36. The molecule has 0 saturated heterocycles. The van der Waals surface area contributed by atoms with Crippen molar-refractivity contribution in [2.24, 2.45) is 0 Å². The second-order valence-electron chi connectivity index (χ2n) is 4.22. The summed E-state index contributed by atoms with van der Waals surface area (Å²) in [5.74, 6) is 0.148. The van der Waals surface area contributed by atoms with Gasteiger partial charge in [-0.15, -0.1) is 0 Å². The molecule has 0 atom stereocenters. The highest BCUT2D eigenvalue weighted by atomic mass is 16.2. The zero-order valence-corrected chi connectivity index (χ0v) is 10.2. The number of H-pyrrole nitrogens is 1. The van der Waals surface area contributed by atoms with E-state index in [-0.39, 0.29) is 5.91 Å². The molecule has 0 unspecified atom stereocenters. The summed E-state index contributed by atoms with van der Waals surface area (Å²) in [5, 5.41) is 9.80. The van der Waals surface area contributed by atoms with Gasteiger partial charge in [-0.2, -0.15) is 5.10 Å². The number of hydrogen-bond acceptors (Lipinski definition) is 3. The first-order chi connectivity index (χ1) is 7.59. The number of nitrogens with zero attached hydrogens (tertiary/aromatic N) is 2. The summed E-state index contributed by atoms with van der Waals surface area (Å²) < 4.78 is 0. The molecule has 1 aromatic rings. The molecule has 0 radical (unpaired) electrons. The molecule has 0 aliphatic heterocycles. The topological polar surface area (TPSA) is 61.0 Å². The number of carbonyl (C=O) groups excluding carboxylic acids is 1. The first-order valence-corrected chi connectivity index (χ1v) is 5.54. The van der Waals surface area contributed by atoms with Crippen LogP contribution in [0.5, 0.6) is 0 Å². The van der Waals surface area contributed by atoms with E-state index in [4.69, 9.17) is 0 Å². The normalized spacial score (nSPS) is 10.8. The summed E-state index contributed by atoms with van der Waals surface area (Å²) in [4.78, 5) is 13.4. The number of amides is 1. The second kappa shape index (κ2) is 6.27. The Morgan fingerprint density at radius 1 is 1.62 bits per heavy atom. The molecular weight excluding hydrogens is 204 g/mol. The minimum absolute atomic E-state index is 0.148. The third-order valence-corrected chi connectivity index (χ3v) is 2.29. The van der Waals surface area contributed by atoms with Gasteiger partial charge in [-0.25, -0.2) is 0 Å². The van der Waals surface area contributed by atoms with Crippen LogP contribution >= 0.6 is 0 Å². The van der Waals surface area contributed by atoms with Gasteiger partial charge in [-0.1, -0.05) is 13.8 Å². The molecule has 2 N–H and O–H groups in total. The van der Waals surface area contributed by atoms with E-state index in [9.17, 15) is 4.79 Å². The van der Waals surface area contributed by atoms with Gasteiger partial charge < -0.3 is 10.2 Å². The van der Waals surface area contributed by atoms with Gasteiger partial charge in [0.25, 0.3) is 0 Å². The van der Waals surface area contributed by atoms with Crippen molar-refractivity contribution >= 4 is 5.91 Å². The van der Waals surface area contributed by atoms with Crippen molar-refractivity contribution in [3.63, 3.8) is 0 Å². The first-order valence-electron chi connectivity index (χ1n) is 5.54. The maximum atomic E-state index is 11.7. The van der Waals surface area contributed by atoms with E-state index in [2.05, 4.69) is 29.4 Å². The molecule has 1 aromatic heterocycles. The Labute approximate surface area is 96.2 Å². The minimum atomic E-state index is 0.148. The third kappa shape index (κ3) is 4.44. The number of hydrogen-bond donors (Lipinski definition) is 2. The van der Waals surface area contributed by atoms with Crippen molar-refractivity contribution < 1.29 is 4.79 Å². The van der Waals surface area contributed by atoms with Gasteiger partial charge >= 0.3 is 0 Å². The number of carbonyl (C=O) groups is 1. The lowest BCUT2D eigenvalue weighted by Crippen LogP contribution is -2.31. The van der Waals surface area contributed by atoms with Crippen molar-refractivity contribution in [3.8, 4) is 0 Å². The van der Waals surface area contributed by atoms with Crippen LogP contribution < -0.4 is 5.32 Å².